The number of fused-ring (bicyclic) bond motifs is 5. The van der Waals surface area contributed by atoms with Crippen LogP contribution >= 0.6 is 11.6 Å². The summed E-state index contributed by atoms with van der Waals surface area (Å²) in [6, 6.07) is 31.7. The Hall–Kier alpha value is -3.03. The Morgan fingerprint density at radius 3 is 2.11 bits per heavy atom. The average molecular weight is 367 g/mol. The zero-order valence-corrected chi connectivity index (χ0v) is 15.2. The third-order valence-electron chi connectivity index (χ3n) is 5.81. The molecular formula is C25H15ClO. The highest BCUT2D eigenvalue weighted by Crippen LogP contribution is 2.63. The number of rotatable bonds is 1. The molecule has 27 heavy (non-hydrogen) atoms. The number of hydrogen-bond donors (Lipinski definition) is 0. The molecule has 4 aromatic rings. The molecule has 0 saturated carbocycles. The lowest BCUT2D eigenvalue weighted by Gasteiger charge is -2.39. The van der Waals surface area contributed by atoms with E-state index in [2.05, 4.69) is 72.8 Å². The summed E-state index contributed by atoms with van der Waals surface area (Å²) >= 11 is 6.23. The highest BCUT2D eigenvalue weighted by molar-refractivity contribution is 6.30. The summed E-state index contributed by atoms with van der Waals surface area (Å²) in [7, 11) is 0. The maximum absolute atomic E-state index is 6.34. The minimum Gasteiger partial charge on any atom is -0.457 e. The van der Waals surface area contributed by atoms with Crippen molar-refractivity contribution in [3.8, 4) is 22.6 Å². The van der Waals surface area contributed by atoms with Crippen molar-refractivity contribution in [2.75, 3.05) is 0 Å². The van der Waals surface area contributed by atoms with Crippen LogP contribution in [0.2, 0.25) is 5.02 Å². The van der Waals surface area contributed by atoms with Crippen molar-refractivity contribution in [1.29, 1.82) is 0 Å². The summed E-state index contributed by atoms with van der Waals surface area (Å²) in [6.45, 7) is 0. The number of hydrogen-bond acceptors (Lipinski definition) is 1. The van der Waals surface area contributed by atoms with Crippen molar-refractivity contribution >= 4 is 11.6 Å². The normalized spacial score (nSPS) is 18.3. The van der Waals surface area contributed by atoms with Crippen LogP contribution in [-0.4, -0.2) is 0 Å². The minimum atomic E-state index is -0.387. The van der Waals surface area contributed by atoms with Crippen LogP contribution in [0.1, 0.15) is 22.3 Å². The lowest BCUT2D eigenvalue weighted by atomic mass is 9.66. The van der Waals surface area contributed by atoms with Gasteiger partial charge in [-0.3, -0.25) is 0 Å². The van der Waals surface area contributed by atoms with Crippen molar-refractivity contribution < 1.29 is 4.74 Å². The molecule has 0 radical (unpaired) electrons. The van der Waals surface area contributed by atoms with Gasteiger partial charge in [0.2, 0.25) is 0 Å². The molecule has 6 rings (SSSR count). The van der Waals surface area contributed by atoms with Crippen LogP contribution < -0.4 is 4.74 Å². The molecule has 4 aromatic carbocycles. The standard InChI is InChI=1S/C25H15ClO/c26-17-14-12-16(13-15-17)25-20-8-2-1-6-18(20)19-7-5-11-23(24(19)25)27-22-10-4-3-9-21(22)25/h1-15H. The number of halogens is 1. The van der Waals surface area contributed by atoms with Gasteiger partial charge in [-0.25, -0.2) is 0 Å². The van der Waals surface area contributed by atoms with Gasteiger partial charge in [0, 0.05) is 16.1 Å². The number of benzene rings is 4. The molecule has 2 heteroatoms. The van der Waals surface area contributed by atoms with E-state index in [1.54, 1.807) is 0 Å². The highest BCUT2D eigenvalue weighted by Gasteiger charge is 2.51. The van der Waals surface area contributed by atoms with Crippen molar-refractivity contribution in [1.82, 2.24) is 0 Å². The van der Waals surface area contributed by atoms with E-state index in [0.717, 1.165) is 16.5 Å². The molecule has 2 aliphatic rings. The smallest absolute Gasteiger partial charge is 0.132 e. The van der Waals surface area contributed by atoms with E-state index >= 15 is 0 Å². The van der Waals surface area contributed by atoms with Crippen LogP contribution in [0, 0.1) is 0 Å². The Labute approximate surface area is 162 Å². The average Bonchev–Trinajstić information content (AvgIpc) is 3.02. The van der Waals surface area contributed by atoms with Gasteiger partial charge >= 0.3 is 0 Å². The number of ether oxygens (including phenoxy) is 1. The molecule has 1 nitrogen and oxygen atoms in total. The lowest BCUT2D eigenvalue weighted by molar-refractivity contribution is 0.438. The van der Waals surface area contributed by atoms with Crippen LogP contribution in [0.5, 0.6) is 11.5 Å². The van der Waals surface area contributed by atoms with Gasteiger partial charge in [-0.2, -0.15) is 0 Å². The summed E-state index contributed by atoms with van der Waals surface area (Å²) in [5.41, 5.74) is 7.04. The van der Waals surface area contributed by atoms with Crippen molar-refractivity contribution in [3.63, 3.8) is 0 Å². The zero-order valence-electron chi connectivity index (χ0n) is 14.4. The Bertz CT molecular complexity index is 1210. The summed E-state index contributed by atoms with van der Waals surface area (Å²) in [4.78, 5) is 0. The van der Waals surface area contributed by atoms with Crippen LogP contribution in [-0.2, 0) is 5.41 Å². The first-order valence-electron chi connectivity index (χ1n) is 9.07. The predicted molar refractivity (Wildman–Crippen MR) is 109 cm³/mol. The molecule has 0 bridgehead atoms. The van der Waals surface area contributed by atoms with Gasteiger partial charge in [-0.05, 0) is 46.5 Å². The maximum atomic E-state index is 6.34. The summed E-state index contributed by atoms with van der Waals surface area (Å²) < 4.78 is 6.34. The Morgan fingerprint density at radius 1 is 0.593 bits per heavy atom. The first kappa shape index (κ1) is 15.1. The minimum absolute atomic E-state index is 0.387. The lowest BCUT2D eigenvalue weighted by Crippen LogP contribution is -2.31. The fourth-order valence-corrected chi connectivity index (χ4v) is 4.95. The number of para-hydroxylation sites is 1. The second-order valence-corrected chi connectivity index (χ2v) is 7.52. The molecule has 1 aliphatic heterocycles. The van der Waals surface area contributed by atoms with E-state index in [4.69, 9.17) is 16.3 Å². The zero-order chi connectivity index (χ0) is 18.0. The molecule has 0 aromatic heterocycles. The summed E-state index contributed by atoms with van der Waals surface area (Å²) in [5.74, 6) is 1.84. The van der Waals surface area contributed by atoms with Gasteiger partial charge in [0.25, 0.3) is 0 Å². The second kappa shape index (κ2) is 5.25. The van der Waals surface area contributed by atoms with Gasteiger partial charge in [0.1, 0.15) is 11.5 Å². The van der Waals surface area contributed by atoms with E-state index in [0.29, 0.717) is 0 Å². The molecular weight excluding hydrogens is 352 g/mol. The molecule has 1 atom stereocenters. The van der Waals surface area contributed by atoms with Crippen molar-refractivity contribution in [2.45, 2.75) is 5.41 Å². The fraction of sp³-hybridized carbons (Fsp3) is 0.0400. The molecule has 128 valence electrons. The molecule has 0 fully saturated rings. The van der Waals surface area contributed by atoms with Crippen LogP contribution in [0.4, 0.5) is 0 Å². The first-order valence-corrected chi connectivity index (χ1v) is 9.45. The van der Waals surface area contributed by atoms with E-state index in [1.165, 1.54) is 33.4 Å². The van der Waals surface area contributed by atoms with Gasteiger partial charge in [-0.15, -0.1) is 0 Å². The maximum Gasteiger partial charge on any atom is 0.132 e. The molecule has 1 unspecified atom stereocenters. The van der Waals surface area contributed by atoms with Crippen LogP contribution in [0.15, 0.2) is 91.0 Å². The van der Waals surface area contributed by atoms with E-state index in [9.17, 15) is 0 Å². The van der Waals surface area contributed by atoms with Gasteiger partial charge < -0.3 is 4.74 Å². The molecule has 1 heterocycles. The second-order valence-electron chi connectivity index (χ2n) is 7.08. The Balaban J connectivity index is 1.85. The van der Waals surface area contributed by atoms with Crippen molar-refractivity contribution in [2.24, 2.45) is 0 Å². The summed E-state index contributed by atoms with van der Waals surface area (Å²) in [5, 5.41) is 0.746. The molecule has 0 amide bonds. The van der Waals surface area contributed by atoms with Crippen LogP contribution in [0.3, 0.4) is 0 Å². The largest absolute Gasteiger partial charge is 0.457 e. The van der Waals surface area contributed by atoms with Gasteiger partial charge in [0.15, 0.2) is 0 Å². The van der Waals surface area contributed by atoms with Gasteiger partial charge in [0.05, 0.1) is 5.41 Å². The van der Waals surface area contributed by atoms with Gasteiger partial charge in [-0.1, -0.05) is 78.3 Å². The predicted octanol–water partition coefficient (Wildman–Crippen LogP) is 6.81. The van der Waals surface area contributed by atoms with E-state index < -0.39 is 0 Å². The van der Waals surface area contributed by atoms with E-state index in [-0.39, 0.29) is 5.41 Å². The Morgan fingerprint density at radius 2 is 1.26 bits per heavy atom. The van der Waals surface area contributed by atoms with E-state index in [1.807, 2.05) is 18.2 Å². The van der Waals surface area contributed by atoms with Crippen LogP contribution in [0.25, 0.3) is 11.1 Å². The molecule has 0 spiro atoms. The summed E-state index contributed by atoms with van der Waals surface area (Å²) in [6.07, 6.45) is 0. The highest BCUT2D eigenvalue weighted by atomic mass is 35.5. The third-order valence-corrected chi connectivity index (χ3v) is 6.06. The monoisotopic (exact) mass is 366 g/mol. The molecule has 0 saturated heterocycles. The quantitative estimate of drug-likeness (QED) is 0.310. The topological polar surface area (TPSA) is 9.23 Å². The SMILES string of the molecule is Clc1ccc(C23c4ccccc4Oc4cccc(c42)-c2ccccc23)cc1. The first-order chi connectivity index (χ1) is 13.3. The Kier molecular flexibility index (Phi) is 2.93. The molecule has 1 aliphatic carbocycles. The fourth-order valence-electron chi connectivity index (χ4n) is 4.83. The molecule has 0 N–H and O–H groups in total. The third kappa shape index (κ3) is 1.80. The van der Waals surface area contributed by atoms with Crippen molar-refractivity contribution in [3.05, 3.63) is 118 Å².